The van der Waals surface area contributed by atoms with Gasteiger partial charge in [-0.3, -0.25) is 0 Å². The van der Waals surface area contributed by atoms with Crippen LogP contribution in [-0.4, -0.2) is 45.1 Å². The molecule has 0 aromatic rings. The molecule has 2 unspecified atom stereocenters. The highest BCUT2D eigenvalue weighted by molar-refractivity contribution is 7.85. The van der Waals surface area contributed by atoms with Gasteiger partial charge < -0.3 is 9.57 Å². The fraction of sp³-hybridized carbons (Fsp3) is 0.667. The molecule has 96 valence electrons. The first-order valence-electron chi connectivity index (χ1n) is 5.07. The van der Waals surface area contributed by atoms with Crippen molar-refractivity contribution < 1.29 is 18.6 Å². The predicted octanol–water partition coefficient (Wildman–Crippen LogP) is 0.889. The highest BCUT2D eigenvalue weighted by Gasteiger charge is 2.37. The molecule has 0 radical (unpaired) electrons. The second-order valence-electron chi connectivity index (χ2n) is 3.23. The van der Waals surface area contributed by atoms with Crippen molar-refractivity contribution in [2.75, 3.05) is 13.7 Å². The molecule has 1 heterocycles. The van der Waals surface area contributed by atoms with E-state index in [1.807, 2.05) is 0 Å². The standard InChI is InChI=1S/C9H15N3O4S/c1-5-16-9(13)12-10-8(6(2)11-15-4)7(3)17(12)14/h7H,5H2,1-4H3. The van der Waals surface area contributed by atoms with Crippen LogP contribution in [0.25, 0.3) is 0 Å². The van der Waals surface area contributed by atoms with Crippen molar-refractivity contribution in [3.63, 3.8) is 0 Å². The molecule has 2 atom stereocenters. The SMILES string of the molecule is CCOC(=O)N1N=C(C(C)=NOC)C(C)S1=O. The van der Waals surface area contributed by atoms with Crippen LogP contribution in [0.2, 0.25) is 0 Å². The molecule has 0 aromatic heterocycles. The van der Waals surface area contributed by atoms with Gasteiger partial charge in [-0.1, -0.05) is 5.16 Å². The van der Waals surface area contributed by atoms with E-state index >= 15 is 0 Å². The molecule has 1 amide bonds. The first kappa shape index (κ1) is 13.6. The largest absolute Gasteiger partial charge is 0.448 e. The zero-order valence-corrected chi connectivity index (χ0v) is 11.0. The molecule has 1 aliphatic heterocycles. The topological polar surface area (TPSA) is 80.6 Å². The van der Waals surface area contributed by atoms with Gasteiger partial charge in [-0.2, -0.15) is 5.10 Å². The van der Waals surface area contributed by atoms with Crippen LogP contribution in [-0.2, 0) is 20.6 Å². The summed E-state index contributed by atoms with van der Waals surface area (Å²) in [5, 5.41) is 7.24. The second kappa shape index (κ2) is 5.76. The zero-order chi connectivity index (χ0) is 13.0. The van der Waals surface area contributed by atoms with Gasteiger partial charge in [0.1, 0.15) is 18.5 Å². The summed E-state index contributed by atoms with van der Waals surface area (Å²) in [5.74, 6) is 0. The van der Waals surface area contributed by atoms with E-state index in [1.165, 1.54) is 7.11 Å². The Balaban J connectivity index is 2.94. The van der Waals surface area contributed by atoms with Gasteiger partial charge in [-0.15, -0.1) is 4.41 Å². The molecule has 0 fully saturated rings. The molecule has 1 aliphatic rings. The number of hydrazone groups is 1. The summed E-state index contributed by atoms with van der Waals surface area (Å²) in [6.07, 6.45) is -0.724. The van der Waals surface area contributed by atoms with Gasteiger partial charge >= 0.3 is 6.09 Å². The fourth-order valence-corrected chi connectivity index (χ4v) is 2.38. The van der Waals surface area contributed by atoms with Crippen molar-refractivity contribution in [3.8, 4) is 0 Å². The summed E-state index contributed by atoms with van der Waals surface area (Å²) in [7, 11) is -0.166. The summed E-state index contributed by atoms with van der Waals surface area (Å²) in [6, 6.07) is 0. The number of carbonyl (C=O) groups excluding carboxylic acids is 1. The maximum atomic E-state index is 11.9. The number of ether oxygens (including phenoxy) is 1. The number of hydrogen-bond acceptors (Lipinski definition) is 6. The van der Waals surface area contributed by atoms with Crippen LogP contribution in [0.15, 0.2) is 10.3 Å². The Morgan fingerprint density at radius 1 is 1.65 bits per heavy atom. The summed E-state index contributed by atoms with van der Waals surface area (Å²) in [6.45, 7) is 5.24. The molecular weight excluding hydrogens is 246 g/mol. The Kier molecular flexibility index (Phi) is 4.62. The molecule has 0 N–H and O–H groups in total. The van der Waals surface area contributed by atoms with Gasteiger partial charge in [0.05, 0.1) is 11.9 Å². The van der Waals surface area contributed by atoms with Crippen LogP contribution in [0, 0.1) is 0 Å². The third-order valence-corrected chi connectivity index (χ3v) is 3.48. The smallest absolute Gasteiger partial charge is 0.443 e. The maximum absolute atomic E-state index is 11.9. The average molecular weight is 261 g/mol. The minimum absolute atomic E-state index is 0.205. The van der Waals surface area contributed by atoms with Crippen molar-refractivity contribution in [2.24, 2.45) is 10.3 Å². The lowest BCUT2D eigenvalue weighted by atomic mass is 10.2. The van der Waals surface area contributed by atoms with Gasteiger partial charge in [0.2, 0.25) is 0 Å². The average Bonchev–Trinajstić information content (AvgIpc) is 2.57. The number of hydrogen-bond donors (Lipinski definition) is 0. The minimum Gasteiger partial charge on any atom is -0.448 e. The normalized spacial score (nSPS) is 24.6. The van der Waals surface area contributed by atoms with Crippen molar-refractivity contribution in [2.45, 2.75) is 26.0 Å². The van der Waals surface area contributed by atoms with Gasteiger partial charge in [0, 0.05) is 0 Å². The molecule has 0 saturated heterocycles. The fourth-order valence-electron chi connectivity index (χ4n) is 1.31. The van der Waals surface area contributed by atoms with Crippen LogP contribution < -0.4 is 0 Å². The molecule has 0 aliphatic carbocycles. The predicted molar refractivity (Wildman–Crippen MR) is 64.0 cm³/mol. The maximum Gasteiger partial charge on any atom is 0.443 e. The van der Waals surface area contributed by atoms with Crippen LogP contribution in [0.4, 0.5) is 4.79 Å². The molecule has 0 bridgehead atoms. The highest BCUT2D eigenvalue weighted by Crippen LogP contribution is 2.17. The summed E-state index contributed by atoms with van der Waals surface area (Å²) >= 11 is 0. The van der Waals surface area contributed by atoms with Gasteiger partial charge in [0.25, 0.3) is 0 Å². The van der Waals surface area contributed by atoms with Gasteiger partial charge in [-0.05, 0) is 20.8 Å². The summed E-state index contributed by atoms with van der Waals surface area (Å²) < 4.78 is 17.4. The first-order valence-corrected chi connectivity index (χ1v) is 6.24. The van der Waals surface area contributed by atoms with E-state index in [-0.39, 0.29) is 6.61 Å². The van der Waals surface area contributed by atoms with Crippen molar-refractivity contribution in [1.82, 2.24) is 4.41 Å². The Labute approximate surface area is 102 Å². The lowest BCUT2D eigenvalue weighted by molar-refractivity contribution is 0.134. The Morgan fingerprint density at radius 2 is 2.29 bits per heavy atom. The van der Waals surface area contributed by atoms with Gasteiger partial charge in [-0.25, -0.2) is 9.00 Å². The molecule has 7 nitrogen and oxygen atoms in total. The van der Waals surface area contributed by atoms with Crippen LogP contribution in [0.5, 0.6) is 0 Å². The molecule has 0 aromatic carbocycles. The number of amides is 1. The molecule has 8 heteroatoms. The van der Waals surface area contributed by atoms with E-state index in [0.29, 0.717) is 11.4 Å². The molecule has 17 heavy (non-hydrogen) atoms. The molecule has 0 saturated carbocycles. The molecule has 1 rings (SSSR count). The second-order valence-corrected chi connectivity index (χ2v) is 4.84. The number of oxime groups is 1. The zero-order valence-electron chi connectivity index (χ0n) is 10.2. The van der Waals surface area contributed by atoms with Crippen molar-refractivity contribution in [1.29, 1.82) is 0 Å². The summed E-state index contributed by atoms with van der Waals surface area (Å²) in [5.41, 5.74) is 0.943. The number of nitrogens with zero attached hydrogens (tertiary/aromatic N) is 3. The Hall–Kier alpha value is -1.44. The van der Waals surface area contributed by atoms with E-state index in [0.717, 1.165) is 4.41 Å². The lowest BCUT2D eigenvalue weighted by Crippen LogP contribution is -2.30. The highest BCUT2D eigenvalue weighted by atomic mass is 32.2. The number of rotatable bonds is 3. The van der Waals surface area contributed by atoms with Crippen molar-refractivity contribution >= 4 is 28.5 Å². The lowest BCUT2D eigenvalue weighted by Gasteiger charge is -2.10. The van der Waals surface area contributed by atoms with Crippen LogP contribution in [0.3, 0.4) is 0 Å². The van der Waals surface area contributed by atoms with Crippen LogP contribution >= 0.6 is 0 Å². The van der Waals surface area contributed by atoms with E-state index in [9.17, 15) is 9.00 Å². The third-order valence-electron chi connectivity index (χ3n) is 2.08. The molecular formula is C9H15N3O4S. The monoisotopic (exact) mass is 261 g/mol. The quantitative estimate of drug-likeness (QED) is 0.558. The van der Waals surface area contributed by atoms with E-state index in [4.69, 9.17) is 4.74 Å². The van der Waals surface area contributed by atoms with E-state index in [1.54, 1.807) is 20.8 Å². The molecule has 0 spiro atoms. The van der Waals surface area contributed by atoms with Crippen molar-refractivity contribution in [3.05, 3.63) is 0 Å². The summed E-state index contributed by atoms with van der Waals surface area (Å²) in [4.78, 5) is 16.1. The van der Waals surface area contributed by atoms with E-state index < -0.39 is 22.3 Å². The Bertz CT molecular complexity index is 394. The van der Waals surface area contributed by atoms with Crippen LogP contribution in [0.1, 0.15) is 20.8 Å². The third kappa shape index (κ3) is 2.82. The minimum atomic E-state index is -1.57. The van der Waals surface area contributed by atoms with Gasteiger partial charge in [0.15, 0.2) is 11.0 Å². The number of carbonyl (C=O) groups is 1. The van der Waals surface area contributed by atoms with E-state index in [2.05, 4.69) is 15.1 Å². The Morgan fingerprint density at radius 3 is 2.82 bits per heavy atom. The first-order chi connectivity index (χ1) is 8.02.